The van der Waals surface area contributed by atoms with E-state index >= 15 is 0 Å². The number of nitrogens with one attached hydrogen (secondary N) is 2. The number of halogens is 6. The molecule has 0 aromatic heterocycles. The molecule has 1 aliphatic carbocycles. The summed E-state index contributed by atoms with van der Waals surface area (Å²) < 4.78 is 106. The highest BCUT2D eigenvalue weighted by Gasteiger charge is 2.43. The highest BCUT2D eigenvalue weighted by molar-refractivity contribution is 7.89. The van der Waals surface area contributed by atoms with Crippen LogP contribution in [0.3, 0.4) is 0 Å². The van der Waals surface area contributed by atoms with Crippen LogP contribution in [0.15, 0.2) is 59.5 Å². The van der Waals surface area contributed by atoms with Gasteiger partial charge < -0.3 is 5.32 Å². The summed E-state index contributed by atoms with van der Waals surface area (Å²) in [4.78, 5) is 12.2. The molecule has 34 heavy (non-hydrogen) atoms. The van der Waals surface area contributed by atoms with Gasteiger partial charge in [0.05, 0.1) is 10.5 Å². The third-order valence-corrected chi connectivity index (χ3v) is 7.19. The second kappa shape index (κ2) is 9.95. The van der Waals surface area contributed by atoms with E-state index in [2.05, 4.69) is 10.0 Å². The summed E-state index contributed by atoms with van der Waals surface area (Å²) in [5.74, 6) is -1.49. The van der Waals surface area contributed by atoms with Crippen LogP contribution in [-0.4, -0.2) is 26.5 Å². The van der Waals surface area contributed by atoms with Crippen LogP contribution in [0.5, 0.6) is 0 Å². The molecule has 0 radical (unpaired) electrons. The largest absolute Gasteiger partial charge is 0.416 e. The minimum Gasteiger partial charge on any atom is -0.341 e. The van der Waals surface area contributed by atoms with Crippen LogP contribution in [0, 0.1) is 5.92 Å². The molecule has 5 nitrogen and oxygen atoms in total. The Labute approximate surface area is 192 Å². The molecule has 0 spiro atoms. The predicted octanol–water partition coefficient (Wildman–Crippen LogP) is 4.96. The molecule has 0 aliphatic heterocycles. The van der Waals surface area contributed by atoms with Gasteiger partial charge in [0, 0.05) is 12.0 Å². The monoisotopic (exact) mass is 508 g/mol. The number of benzene rings is 2. The number of carbonyl (C=O) groups is 1. The van der Waals surface area contributed by atoms with Crippen molar-refractivity contribution in [2.75, 3.05) is 0 Å². The minimum absolute atomic E-state index is 0.0960. The number of rotatable bonds is 6. The first kappa shape index (κ1) is 26.0. The van der Waals surface area contributed by atoms with Crippen LogP contribution >= 0.6 is 0 Å². The summed E-state index contributed by atoms with van der Waals surface area (Å²) in [6.45, 7) is 0. The minimum atomic E-state index is -4.69. The Kier molecular flexibility index (Phi) is 7.61. The Morgan fingerprint density at radius 1 is 0.853 bits per heavy atom. The second-order valence-electron chi connectivity index (χ2n) is 8.09. The van der Waals surface area contributed by atoms with Crippen molar-refractivity contribution in [3.05, 3.63) is 65.7 Å². The van der Waals surface area contributed by atoms with Crippen LogP contribution in [0.4, 0.5) is 26.3 Å². The highest BCUT2D eigenvalue weighted by Crippen LogP contribution is 2.34. The lowest BCUT2D eigenvalue weighted by Gasteiger charge is -2.30. The van der Waals surface area contributed by atoms with E-state index in [1.807, 2.05) is 0 Å². The van der Waals surface area contributed by atoms with Gasteiger partial charge >= 0.3 is 12.4 Å². The zero-order chi connectivity index (χ0) is 25.1. The Morgan fingerprint density at radius 2 is 1.41 bits per heavy atom. The third-order valence-electron chi connectivity index (χ3n) is 5.66. The van der Waals surface area contributed by atoms with Gasteiger partial charge in [-0.15, -0.1) is 0 Å². The molecule has 12 heteroatoms. The number of sulfonamides is 1. The Hall–Kier alpha value is -2.60. The summed E-state index contributed by atoms with van der Waals surface area (Å²) in [5.41, 5.74) is -1.08. The summed E-state index contributed by atoms with van der Waals surface area (Å²) in [6, 6.07) is 7.27. The normalized spacial score (nSPS) is 20.5. The van der Waals surface area contributed by atoms with Crippen molar-refractivity contribution in [2.24, 2.45) is 5.92 Å². The Balaban J connectivity index is 1.58. The van der Waals surface area contributed by atoms with Gasteiger partial charge in [-0.1, -0.05) is 30.3 Å². The second-order valence-corrected chi connectivity index (χ2v) is 9.80. The number of amides is 1. The standard InChI is InChI=1S/C22H22F6N2O3S/c23-21(24,25)16-8-12-18(13-9-16)34(32,33)30-17-10-6-15(7-11-17)20(31)29-19(22(26,27)28)14-4-2-1-3-5-14/h1-5,8-9,12-13,15,17,19,30H,6-7,10-11H2,(H,29,31)/t15?,17?,19-/m1/s1. The van der Waals surface area contributed by atoms with Gasteiger partial charge in [-0.25, -0.2) is 13.1 Å². The molecule has 1 saturated carbocycles. The summed E-state index contributed by atoms with van der Waals surface area (Å²) in [7, 11) is -4.10. The van der Waals surface area contributed by atoms with Crippen LogP contribution in [0.1, 0.15) is 42.9 Å². The van der Waals surface area contributed by atoms with Crippen molar-refractivity contribution < 1.29 is 39.6 Å². The fraction of sp³-hybridized carbons (Fsp3) is 0.409. The zero-order valence-corrected chi connectivity index (χ0v) is 18.5. The lowest BCUT2D eigenvalue weighted by Crippen LogP contribution is -2.44. The summed E-state index contributed by atoms with van der Waals surface area (Å²) in [6.07, 6.45) is -8.58. The maximum Gasteiger partial charge on any atom is 0.416 e. The molecule has 1 atom stereocenters. The predicted molar refractivity (Wildman–Crippen MR) is 111 cm³/mol. The lowest BCUT2D eigenvalue weighted by atomic mass is 9.85. The van der Waals surface area contributed by atoms with Crippen LogP contribution in [-0.2, 0) is 21.0 Å². The van der Waals surface area contributed by atoms with Gasteiger partial charge in [0.1, 0.15) is 0 Å². The van der Waals surface area contributed by atoms with Crippen molar-refractivity contribution >= 4 is 15.9 Å². The zero-order valence-electron chi connectivity index (χ0n) is 17.7. The smallest absolute Gasteiger partial charge is 0.341 e. The van der Waals surface area contributed by atoms with Gasteiger partial charge in [0.2, 0.25) is 15.9 Å². The van der Waals surface area contributed by atoms with E-state index in [1.165, 1.54) is 24.3 Å². The van der Waals surface area contributed by atoms with Crippen molar-refractivity contribution in [3.63, 3.8) is 0 Å². The lowest BCUT2D eigenvalue weighted by molar-refractivity contribution is -0.165. The first-order valence-corrected chi connectivity index (χ1v) is 11.9. The number of carbonyl (C=O) groups excluding carboxylic acids is 1. The molecule has 186 valence electrons. The van der Waals surface area contributed by atoms with E-state index in [-0.39, 0.29) is 36.1 Å². The first-order valence-electron chi connectivity index (χ1n) is 10.4. The van der Waals surface area contributed by atoms with E-state index < -0.39 is 51.8 Å². The van der Waals surface area contributed by atoms with E-state index in [1.54, 1.807) is 6.07 Å². The van der Waals surface area contributed by atoms with Crippen molar-refractivity contribution in [1.29, 1.82) is 0 Å². The van der Waals surface area contributed by atoms with E-state index in [0.717, 1.165) is 12.1 Å². The van der Waals surface area contributed by atoms with E-state index in [0.29, 0.717) is 12.1 Å². The molecule has 1 amide bonds. The number of hydrogen-bond donors (Lipinski definition) is 2. The molecule has 0 saturated heterocycles. The Morgan fingerprint density at radius 3 is 1.91 bits per heavy atom. The highest BCUT2D eigenvalue weighted by atomic mass is 32.2. The van der Waals surface area contributed by atoms with Gasteiger partial charge in [-0.2, -0.15) is 26.3 Å². The molecule has 0 bridgehead atoms. The van der Waals surface area contributed by atoms with Crippen LogP contribution in [0.25, 0.3) is 0 Å². The molecule has 1 aliphatic rings. The maximum atomic E-state index is 13.5. The average Bonchev–Trinajstić information content (AvgIpc) is 2.77. The molecule has 0 unspecified atom stereocenters. The quantitative estimate of drug-likeness (QED) is 0.542. The van der Waals surface area contributed by atoms with Crippen LogP contribution < -0.4 is 10.0 Å². The number of alkyl halides is 6. The van der Waals surface area contributed by atoms with E-state index in [9.17, 15) is 39.6 Å². The SMILES string of the molecule is O=C(N[C@H](c1ccccc1)C(F)(F)F)C1CCC(NS(=O)(=O)c2ccc(C(F)(F)F)cc2)CC1. The van der Waals surface area contributed by atoms with Crippen LogP contribution in [0.2, 0.25) is 0 Å². The third kappa shape index (κ3) is 6.50. The molecular weight excluding hydrogens is 486 g/mol. The topological polar surface area (TPSA) is 75.3 Å². The van der Waals surface area contributed by atoms with E-state index in [4.69, 9.17) is 0 Å². The first-order chi connectivity index (χ1) is 15.8. The molecule has 2 N–H and O–H groups in total. The molecule has 2 aromatic rings. The molecule has 0 heterocycles. The molecule has 1 fully saturated rings. The van der Waals surface area contributed by atoms with Gasteiger partial charge in [-0.3, -0.25) is 4.79 Å². The van der Waals surface area contributed by atoms with Gasteiger partial charge in [0.25, 0.3) is 0 Å². The molecule has 3 rings (SSSR count). The summed E-state index contributed by atoms with van der Waals surface area (Å²) >= 11 is 0. The molecular formula is C22H22F6N2O3S. The Bertz CT molecular complexity index is 1080. The van der Waals surface area contributed by atoms with Crippen molar-refractivity contribution in [3.8, 4) is 0 Å². The maximum absolute atomic E-state index is 13.5. The van der Waals surface area contributed by atoms with Gasteiger partial charge in [0.15, 0.2) is 6.04 Å². The molecule has 2 aromatic carbocycles. The summed E-state index contributed by atoms with van der Waals surface area (Å²) in [5, 5.41) is 2.05. The fourth-order valence-electron chi connectivity index (χ4n) is 3.84. The number of hydrogen-bond acceptors (Lipinski definition) is 3. The van der Waals surface area contributed by atoms with Crippen molar-refractivity contribution in [1.82, 2.24) is 10.0 Å². The average molecular weight is 508 g/mol. The fourth-order valence-corrected chi connectivity index (χ4v) is 5.15. The van der Waals surface area contributed by atoms with Gasteiger partial charge in [-0.05, 0) is 55.5 Å². The van der Waals surface area contributed by atoms with Crippen molar-refractivity contribution in [2.45, 2.75) is 55.0 Å².